The molecule has 0 unspecified atom stereocenters. The van der Waals surface area contributed by atoms with Gasteiger partial charge in [0.05, 0.1) is 12.3 Å². The molecule has 1 aromatic carbocycles. The maximum atomic E-state index is 13.4. The maximum Gasteiger partial charge on any atom is 0.271 e. The Hall–Kier alpha value is -1.51. The zero-order chi connectivity index (χ0) is 14.0. The van der Waals surface area contributed by atoms with E-state index in [0.29, 0.717) is 5.56 Å². The lowest BCUT2D eigenvalue weighted by molar-refractivity contribution is 0.282. The lowest BCUT2D eigenvalue weighted by Gasteiger charge is -2.07. The Kier molecular flexibility index (Phi) is 3.83. The van der Waals surface area contributed by atoms with Crippen molar-refractivity contribution in [1.29, 1.82) is 0 Å². The van der Waals surface area contributed by atoms with E-state index in [-0.39, 0.29) is 10.8 Å². The van der Waals surface area contributed by atoms with E-state index in [0.717, 1.165) is 23.5 Å². The van der Waals surface area contributed by atoms with E-state index in [1.165, 1.54) is 17.5 Å². The summed E-state index contributed by atoms with van der Waals surface area (Å²) in [5, 5.41) is 10.3. The van der Waals surface area contributed by atoms with Crippen molar-refractivity contribution in [2.24, 2.45) is 0 Å². The summed E-state index contributed by atoms with van der Waals surface area (Å²) in [4.78, 5) is 0. The first-order valence-electron chi connectivity index (χ1n) is 5.09. The highest BCUT2D eigenvalue weighted by Gasteiger charge is 2.19. The van der Waals surface area contributed by atoms with Gasteiger partial charge in [-0.3, -0.25) is 4.72 Å². The number of rotatable bonds is 4. The summed E-state index contributed by atoms with van der Waals surface area (Å²) in [5.74, 6) is -2.40. The largest absolute Gasteiger partial charge is 0.392 e. The molecule has 1 aromatic heterocycles. The lowest BCUT2D eigenvalue weighted by Crippen LogP contribution is -2.13. The fraction of sp³-hybridized carbons (Fsp3) is 0.0909. The molecule has 8 heteroatoms. The number of halogens is 2. The van der Waals surface area contributed by atoms with Crippen molar-refractivity contribution in [1.82, 2.24) is 0 Å². The molecule has 0 saturated heterocycles. The van der Waals surface area contributed by atoms with Crippen LogP contribution in [0.3, 0.4) is 0 Å². The van der Waals surface area contributed by atoms with Crippen LogP contribution in [0.15, 0.2) is 33.9 Å². The molecule has 19 heavy (non-hydrogen) atoms. The Bertz CT molecular complexity index is 698. The lowest BCUT2D eigenvalue weighted by atomic mass is 10.3. The molecular weight excluding hydrogens is 296 g/mol. The summed E-state index contributed by atoms with van der Waals surface area (Å²) in [5.41, 5.74) is -0.0240. The third-order valence-electron chi connectivity index (χ3n) is 2.27. The summed E-state index contributed by atoms with van der Waals surface area (Å²) in [6, 6.07) is 4.48. The molecule has 2 N–H and O–H groups in total. The smallest absolute Gasteiger partial charge is 0.271 e. The average molecular weight is 305 g/mol. The van der Waals surface area contributed by atoms with Crippen LogP contribution in [0.1, 0.15) is 5.56 Å². The van der Waals surface area contributed by atoms with Crippen LogP contribution in [0, 0.1) is 11.6 Å². The van der Waals surface area contributed by atoms with Crippen molar-refractivity contribution >= 4 is 27.0 Å². The molecule has 2 aromatic rings. The molecule has 0 spiro atoms. The fourth-order valence-electron chi connectivity index (χ4n) is 1.35. The quantitative estimate of drug-likeness (QED) is 0.911. The van der Waals surface area contributed by atoms with E-state index >= 15 is 0 Å². The van der Waals surface area contributed by atoms with Crippen molar-refractivity contribution in [3.8, 4) is 0 Å². The molecule has 0 saturated carbocycles. The van der Waals surface area contributed by atoms with Gasteiger partial charge < -0.3 is 5.11 Å². The van der Waals surface area contributed by atoms with Gasteiger partial charge in [-0.25, -0.2) is 17.2 Å². The molecule has 0 fully saturated rings. The number of aliphatic hydroxyl groups is 1. The number of hydrogen-bond donors (Lipinski definition) is 2. The topological polar surface area (TPSA) is 66.4 Å². The average Bonchev–Trinajstić information content (AvgIpc) is 2.84. The summed E-state index contributed by atoms with van der Waals surface area (Å²) in [6.07, 6.45) is 0. The van der Waals surface area contributed by atoms with E-state index in [4.69, 9.17) is 5.11 Å². The maximum absolute atomic E-state index is 13.4. The normalized spacial score (nSPS) is 11.5. The minimum absolute atomic E-state index is 0.0831. The van der Waals surface area contributed by atoms with Gasteiger partial charge in [-0.1, -0.05) is 6.07 Å². The van der Waals surface area contributed by atoms with Crippen LogP contribution >= 0.6 is 11.3 Å². The standard InChI is InChI=1S/C11H9F2NO3S2/c12-8-2-1-3-9(11(8)13)14-19(16,17)10-4-7(5-15)6-18-10/h1-4,6,14-15H,5H2. The van der Waals surface area contributed by atoms with Gasteiger partial charge in [-0.05, 0) is 29.1 Å². The number of hydrogen-bond acceptors (Lipinski definition) is 4. The van der Waals surface area contributed by atoms with Gasteiger partial charge in [0.15, 0.2) is 11.6 Å². The number of benzene rings is 1. The Balaban J connectivity index is 2.33. The minimum Gasteiger partial charge on any atom is -0.392 e. The van der Waals surface area contributed by atoms with Gasteiger partial charge in [0.25, 0.3) is 10.0 Å². The van der Waals surface area contributed by atoms with E-state index in [1.807, 2.05) is 4.72 Å². The van der Waals surface area contributed by atoms with Gasteiger partial charge in [-0.15, -0.1) is 11.3 Å². The van der Waals surface area contributed by atoms with Crippen LogP contribution in [0.25, 0.3) is 0 Å². The van der Waals surface area contributed by atoms with Crippen LogP contribution < -0.4 is 4.72 Å². The monoisotopic (exact) mass is 305 g/mol. The summed E-state index contributed by atoms with van der Waals surface area (Å²) in [7, 11) is -3.99. The third-order valence-corrected chi connectivity index (χ3v) is 5.13. The molecule has 0 amide bonds. The molecule has 0 aliphatic carbocycles. The second-order valence-electron chi connectivity index (χ2n) is 3.64. The van der Waals surface area contributed by atoms with Gasteiger partial charge in [-0.2, -0.15) is 0 Å². The molecule has 0 bridgehead atoms. The predicted octanol–water partition coefficient (Wildman–Crippen LogP) is 2.32. The molecule has 0 aliphatic heterocycles. The number of aliphatic hydroxyl groups excluding tert-OH is 1. The van der Waals surface area contributed by atoms with E-state index in [1.54, 1.807) is 0 Å². The first kappa shape index (κ1) is 13.9. The SMILES string of the molecule is O=S(=O)(Nc1cccc(F)c1F)c1cc(CO)cs1. The van der Waals surface area contributed by atoms with E-state index < -0.39 is 27.3 Å². The van der Waals surface area contributed by atoms with Crippen LogP contribution in [-0.4, -0.2) is 13.5 Å². The zero-order valence-electron chi connectivity index (χ0n) is 9.43. The highest BCUT2D eigenvalue weighted by molar-refractivity contribution is 7.94. The van der Waals surface area contributed by atoms with Crippen molar-refractivity contribution < 1.29 is 22.3 Å². The molecule has 0 atom stereocenters. The number of sulfonamides is 1. The van der Waals surface area contributed by atoms with Gasteiger partial charge in [0, 0.05) is 0 Å². The second-order valence-corrected chi connectivity index (χ2v) is 6.46. The molecular formula is C11H9F2NO3S2. The van der Waals surface area contributed by atoms with E-state index in [9.17, 15) is 17.2 Å². The van der Waals surface area contributed by atoms with Gasteiger partial charge in [0.1, 0.15) is 4.21 Å². The minimum atomic E-state index is -3.99. The van der Waals surface area contributed by atoms with Gasteiger partial charge in [0.2, 0.25) is 0 Å². The summed E-state index contributed by atoms with van der Waals surface area (Å²) in [6.45, 7) is -0.291. The highest BCUT2D eigenvalue weighted by atomic mass is 32.2. The Morgan fingerprint density at radius 3 is 2.68 bits per heavy atom. The molecule has 2 rings (SSSR count). The molecule has 4 nitrogen and oxygen atoms in total. The van der Waals surface area contributed by atoms with E-state index in [2.05, 4.69) is 0 Å². The van der Waals surface area contributed by atoms with Crippen molar-refractivity contribution in [2.45, 2.75) is 10.8 Å². The van der Waals surface area contributed by atoms with Crippen molar-refractivity contribution in [3.05, 3.63) is 46.8 Å². The van der Waals surface area contributed by atoms with Crippen molar-refractivity contribution in [2.75, 3.05) is 4.72 Å². The fourth-order valence-corrected chi connectivity index (χ4v) is 3.61. The van der Waals surface area contributed by atoms with Crippen LogP contribution in [0.4, 0.5) is 14.5 Å². The van der Waals surface area contributed by atoms with Crippen molar-refractivity contribution in [3.63, 3.8) is 0 Å². The number of nitrogens with one attached hydrogen (secondary N) is 1. The first-order valence-corrected chi connectivity index (χ1v) is 7.45. The molecule has 1 heterocycles. The Labute approximate surface area is 112 Å². The summed E-state index contributed by atoms with van der Waals surface area (Å²) < 4.78 is 52.1. The molecule has 0 aliphatic rings. The van der Waals surface area contributed by atoms with Crippen LogP contribution in [0.2, 0.25) is 0 Å². The first-order chi connectivity index (χ1) is 8.94. The number of anilines is 1. The Morgan fingerprint density at radius 2 is 2.05 bits per heavy atom. The van der Waals surface area contributed by atoms with Crippen LogP contribution in [-0.2, 0) is 16.6 Å². The highest BCUT2D eigenvalue weighted by Crippen LogP contribution is 2.25. The molecule has 0 radical (unpaired) electrons. The summed E-state index contributed by atoms with van der Waals surface area (Å²) >= 11 is 0.884. The van der Waals surface area contributed by atoms with Crippen LogP contribution in [0.5, 0.6) is 0 Å². The Morgan fingerprint density at radius 1 is 1.32 bits per heavy atom. The predicted molar refractivity (Wildman–Crippen MR) is 67.4 cm³/mol. The second kappa shape index (κ2) is 5.24. The van der Waals surface area contributed by atoms with Gasteiger partial charge >= 0.3 is 0 Å². The molecule has 102 valence electrons. The third kappa shape index (κ3) is 2.91. The number of thiophene rings is 1. The zero-order valence-corrected chi connectivity index (χ0v) is 11.1.